The van der Waals surface area contributed by atoms with Gasteiger partial charge < -0.3 is 19.7 Å². The summed E-state index contributed by atoms with van der Waals surface area (Å²) in [5.41, 5.74) is 0.160. The normalized spacial score (nSPS) is 11.7. The maximum absolute atomic E-state index is 11.8. The summed E-state index contributed by atoms with van der Waals surface area (Å²) < 4.78 is 9.42. The summed E-state index contributed by atoms with van der Waals surface area (Å²) in [6.07, 6.45) is 1.06. The average Bonchev–Trinajstić information content (AvgIpc) is 2.80. The lowest BCUT2D eigenvalue weighted by molar-refractivity contribution is -0.144. The first kappa shape index (κ1) is 15.7. The highest BCUT2D eigenvalue weighted by molar-refractivity contribution is 5.97. The van der Waals surface area contributed by atoms with Gasteiger partial charge in [-0.15, -0.1) is 0 Å². The van der Waals surface area contributed by atoms with Gasteiger partial charge >= 0.3 is 11.9 Å². The van der Waals surface area contributed by atoms with Crippen LogP contribution >= 0.6 is 0 Å². The Labute approximate surface area is 115 Å². The SMILES string of the molecule is CCOC(=O)CC[C@H](NC(=O)c1cnoc1C)C(=O)O. The molecular formula is C12H16N2O6. The van der Waals surface area contributed by atoms with Crippen LogP contribution in [0, 0.1) is 6.92 Å². The summed E-state index contributed by atoms with van der Waals surface area (Å²) >= 11 is 0. The number of rotatable bonds is 7. The zero-order chi connectivity index (χ0) is 15.1. The molecule has 1 aromatic heterocycles. The summed E-state index contributed by atoms with van der Waals surface area (Å²) in [7, 11) is 0. The number of ether oxygens (including phenoxy) is 1. The minimum Gasteiger partial charge on any atom is -0.480 e. The minimum atomic E-state index is -1.23. The van der Waals surface area contributed by atoms with Crippen molar-refractivity contribution in [1.29, 1.82) is 0 Å². The van der Waals surface area contributed by atoms with Crippen LogP contribution in [0.4, 0.5) is 0 Å². The Balaban J connectivity index is 2.59. The average molecular weight is 284 g/mol. The largest absolute Gasteiger partial charge is 0.480 e. The Morgan fingerprint density at radius 3 is 2.70 bits per heavy atom. The van der Waals surface area contributed by atoms with E-state index in [0.29, 0.717) is 0 Å². The number of esters is 1. The minimum absolute atomic E-state index is 0.0514. The molecule has 1 aromatic rings. The molecule has 110 valence electrons. The molecule has 0 radical (unpaired) electrons. The maximum atomic E-state index is 11.8. The van der Waals surface area contributed by atoms with Gasteiger partial charge in [0.2, 0.25) is 0 Å². The Morgan fingerprint density at radius 1 is 1.50 bits per heavy atom. The standard InChI is InChI=1S/C12H16N2O6/c1-3-19-10(15)5-4-9(12(17)18)14-11(16)8-6-13-20-7(8)2/h6,9H,3-5H2,1-2H3,(H,14,16)(H,17,18)/t9-/m0/s1. The number of nitrogens with one attached hydrogen (secondary N) is 1. The van der Waals surface area contributed by atoms with Crippen LogP contribution in [-0.2, 0) is 14.3 Å². The molecule has 8 nitrogen and oxygen atoms in total. The number of nitrogens with zero attached hydrogens (tertiary/aromatic N) is 1. The molecule has 0 bridgehead atoms. The van der Waals surface area contributed by atoms with Crippen molar-refractivity contribution in [2.75, 3.05) is 6.61 Å². The fourth-order valence-corrected chi connectivity index (χ4v) is 1.51. The molecule has 0 aliphatic rings. The van der Waals surface area contributed by atoms with Gasteiger partial charge in [0.05, 0.1) is 12.8 Å². The van der Waals surface area contributed by atoms with Crippen LogP contribution in [0.1, 0.15) is 35.9 Å². The number of aliphatic carboxylic acids is 1. The third-order valence-corrected chi connectivity index (χ3v) is 2.54. The van der Waals surface area contributed by atoms with Crippen molar-refractivity contribution in [2.45, 2.75) is 32.7 Å². The molecule has 8 heteroatoms. The second-order valence-corrected chi connectivity index (χ2v) is 4.00. The van der Waals surface area contributed by atoms with Gasteiger partial charge in [0.25, 0.3) is 5.91 Å². The molecule has 20 heavy (non-hydrogen) atoms. The van der Waals surface area contributed by atoms with Crippen molar-refractivity contribution in [1.82, 2.24) is 10.5 Å². The summed E-state index contributed by atoms with van der Waals surface area (Å²) in [5.74, 6) is -2.05. The van der Waals surface area contributed by atoms with E-state index in [9.17, 15) is 14.4 Å². The van der Waals surface area contributed by atoms with Crippen molar-refractivity contribution in [2.24, 2.45) is 0 Å². The van der Waals surface area contributed by atoms with Gasteiger partial charge in [-0.3, -0.25) is 9.59 Å². The lowest BCUT2D eigenvalue weighted by Crippen LogP contribution is -2.41. The smallest absolute Gasteiger partial charge is 0.326 e. The Morgan fingerprint density at radius 2 is 2.20 bits per heavy atom. The van der Waals surface area contributed by atoms with E-state index in [1.165, 1.54) is 13.1 Å². The monoisotopic (exact) mass is 284 g/mol. The van der Waals surface area contributed by atoms with Gasteiger partial charge in [0.1, 0.15) is 17.4 Å². The number of carbonyl (C=O) groups excluding carboxylic acids is 2. The van der Waals surface area contributed by atoms with Crippen molar-refractivity contribution in [3.05, 3.63) is 17.5 Å². The first-order valence-electron chi connectivity index (χ1n) is 6.06. The van der Waals surface area contributed by atoms with Gasteiger partial charge in [-0.05, 0) is 20.3 Å². The molecule has 0 unspecified atom stereocenters. The van der Waals surface area contributed by atoms with Gasteiger partial charge in [-0.25, -0.2) is 4.79 Å². The van der Waals surface area contributed by atoms with Crippen LogP contribution in [0.3, 0.4) is 0 Å². The highest BCUT2D eigenvalue weighted by Crippen LogP contribution is 2.07. The number of aryl methyl sites for hydroxylation is 1. The number of amides is 1. The van der Waals surface area contributed by atoms with Crippen molar-refractivity contribution in [3.63, 3.8) is 0 Å². The van der Waals surface area contributed by atoms with E-state index < -0.39 is 23.9 Å². The molecule has 1 heterocycles. The van der Waals surface area contributed by atoms with E-state index in [1.54, 1.807) is 6.92 Å². The van der Waals surface area contributed by atoms with E-state index >= 15 is 0 Å². The number of carbonyl (C=O) groups is 3. The molecular weight excluding hydrogens is 268 g/mol. The number of hydrogen-bond acceptors (Lipinski definition) is 6. The first-order valence-corrected chi connectivity index (χ1v) is 6.06. The number of carboxylic acids is 1. The van der Waals surface area contributed by atoms with Gasteiger partial charge in [0, 0.05) is 6.42 Å². The van der Waals surface area contributed by atoms with E-state index in [4.69, 9.17) is 14.4 Å². The molecule has 0 aliphatic heterocycles. The molecule has 0 spiro atoms. The van der Waals surface area contributed by atoms with Crippen LogP contribution in [0.2, 0.25) is 0 Å². The summed E-state index contributed by atoms with van der Waals surface area (Å²) in [4.78, 5) is 34.1. The third-order valence-electron chi connectivity index (χ3n) is 2.54. The van der Waals surface area contributed by atoms with Crippen LogP contribution < -0.4 is 5.32 Å². The highest BCUT2D eigenvalue weighted by Gasteiger charge is 2.23. The highest BCUT2D eigenvalue weighted by atomic mass is 16.5. The Kier molecular flexibility index (Phi) is 5.70. The summed E-state index contributed by atoms with van der Waals surface area (Å²) in [6, 6.07) is -1.18. The predicted octanol–water partition coefficient (Wildman–Crippen LogP) is 0.509. The Hall–Kier alpha value is -2.38. The van der Waals surface area contributed by atoms with Crippen molar-refractivity contribution in [3.8, 4) is 0 Å². The van der Waals surface area contributed by atoms with E-state index in [1.807, 2.05) is 0 Å². The number of aromatic nitrogens is 1. The van der Waals surface area contributed by atoms with Gasteiger partial charge in [-0.1, -0.05) is 5.16 Å². The van der Waals surface area contributed by atoms with Gasteiger partial charge in [-0.2, -0.15) is 0 Å². The Bertz CT molecular complexity index is 496. The van der Waals surface area contributed by atoms with Crippen LogP contribution in [0.25, 0.3) is 0 Å². The lowest BCUT2D eigenvalue weighted by atomic mass is 10.1. The number of carboxylic acid groups (broad SMARTS) is 1. The third kappa shape index (κ3) is 4.38. The van der Waals surface area contributed by atoms with Crippen molar-refractivity contribution >= 4 is 17.8 Å². The summed E-state index contributed by atoms with van der Waals surface area (Å²) in [5, 5.41) is 14.8. The van der Waals surface area contributed by atoms with Crippen LogP contribution in [0.15, 0.2) is 10.7 Å². The fourth-order valence-electron chi connectivity index (χ4n) is 1.51. The zero-order valence-electron chi connectivity index (χ0n) is 11.2. The zero-order valence-corrected chi connectivity index (χ0v) is 11.2. The maximum Gasteiger partial charge on any atom is 0.326 e. The quantitative estimate of drug-likeness (QED) is 0.700. The molecule has 0 aromatic carbocycles. The second kappa shape index (κ2) is 7.27. The van der Waals surface area contributed by atoms with Crippen LogP contribution in [0.5, 0.6) is 0 Å². The number of hydrogen-bond donors (Lipinski definition) is 2. The molecule has 0 aliphatic carbocycles. The predicted molar refractivity (Wildman–Crippen MR) is 66.0 cm³/mol. The van der Waals surface area contributed by atoms with E-state index in [2.05, 4.69) is 10.5 Å². The molecule has 1 amide bonds. The molecule has 0 fully saturated rings. The van der Waals surface area contributed by atoms with E-state index in [-0.39, 0.29) is 30.8 Å². The second-order valence-electron chi connectivity index (χ2n) is 4.00. The fraction of sp³-hybridized carbons (Fsp3) is 0.500. The molecule has 0 saturated heterocycles. The first-order chi connectivity index (χ1) is 9.45. The lowest BCUT2D eigenvalue weighted by Gasteiger charge is -2.13. The van der Waals surface area contributed by atoms with Gasteiger partial charge in [0.15, 0.2) is 0 Å². The molecule has 1 rings (SSSR count). The van der Waals surface area contributed by atoms with Crippen molar-refractivity contribution < 1.29 is 28.8 Å². The topological polar surface area (TPSA) is 119 Å². The van der Waals surface area contributed by atoms with E-state index in [0.717, 1.165) is 0 Å². The molecule has 0 saturated carbocycles. The van der Waals surface area contributed by atoms with Crippen LogP contribution in [-0.4, -0.2) is 40.8 Å². The molecule has 2 N–H and O–H groups in total. The molecule has 1 atom stereocenters. The summed E-state index contributed by atoms with van der Waals surface area (Å²) in [6.45, 7) is 3.42.